The Morgan fingerprint density at radius 3 is 1.03 bits per heavy atom. The van der Waals surface area contributed by atoms with Gasteiger partial charge in [0.15, 0.2) is 0 Å². The van der Waals surface area contributed by atoms with Crippen molar-refractivity contribution in [3.05, 3.63) is 0 Å². The number of aliphatic hydroxyl groups is 1. The summed E-state index contributed by atoms with van der Waals surface area (Å²) in [6.45, 7) is 5.54. The lowest BCUT2D eigenvalue weighted by molar-refractivity contribution is 0.124. The van der Waals surface area contributed by atoms with E-state index in [4.69, 9.17) is 0 Å². The van der Waals surface area contributed by atoms with E-state index >= 15 is 0 Å². The summed E-state index contributed by atoms with van der Waals surface area (Å²) in [6, 6.07) is 0. The van der Waals surface area contributed by atoms with E-state index in [2.05, 4.69) is 19.2 Å². The van der Waals surface area contributed by atoms with Crippen molar-refractivity contribution in [3.8, 4) is 0 Å². The molecule has 0 bridgehead atoms. The van der Waals surface area contributed by atoms with Crippen LogP contribution < -0.4 is 5.32 Å². The summed E-state index contributed by atoms with van der Waals surface area (Å²) in [5, 5.41) is 13.3. The van der Waals surface area contributed by atoms with Crippen LogP contribution in [-0.4, -0.2) is 17.9 Å². The number of aliphatic hydroxyl groups excluding tert-OH is 1. The van der Waals surface area contributed by atoms with Gasteiger partial charge in [0.05, 0.1) is 0 Å². The van der Waals surface area contributed by atoms with Gasteiger partial charge in [0, 0.05) is 0 Å². The van der Waals surface area contributed by atoms with Crippen molar-refractivity contribution < 1.29 is 5.11 Å². The highest BCUT2D eigenvalue weighted by atomic mass is 16.3. The quantitative estimate of drug-likeness (QED) is 0.0912. The minimum absolute atomic E-state index is 0.281. The van der Waals surface area contributed by atoms with Crippen molar-refractivity contribution in [3.63, 3.8) is 0 Å². The van der Waals surface area contributed by atoms with E-state index in [0.717, 1.165) is 13.0 Å². The lowest BCUT2D eigenvalue weighted by Crippen LogP contribution is -2.29. The van der Waals surface area contributed by atoms with Gasteiger partial charge < -0.3 is 5.11 Å². The Kier molecular flexibility index (Phi) is 28.9. The predicted molar refractivity (Wildman–Crippen MR) is 145 cm³/mol. The Hall–Kier alpha value is -0.0800. The zero-order valence-corrected chi connectivity index (χ0v) is 22.6. The maximum Gasteiger partial charge on any atom is 0.104 e. The SMILES string of the molecule is CCCCCCCCCCCCCCCCCCCCCC(O)NCCCCCCCC. The summed E-state index contributed by atoms with van der Waals surface area (Å²) >= 11 is 0. The molecule has 0 aromatic carbocycles. The molecule has 0 aliphatic heterocycles. The van der Waals surface area contributed by atoms with Gasteiger partial charge in [-0.05, 0) is 25.8 Å². The van der Waals surface area contributed by atoms with Crippen LogP contribution in [0.5, 0.6) is 0 Å². The summed E-state index contributed by atoms with van der Waals surface area (Å²) in [5.41, 5.74) is 0. The first kappa shape index (κ1) is 31.9. The molecule has 2 nitrogen and oxygen atoms in total. The Balaban J connectivity index is 3.10. The molecule has 0 saturated carbocycles. The van der Waals surface area contributed by atoms with Crippen molar-refractivity contribution in [2.45, 2.75) is 187 Å². The first-order chi connectivity index (χ1) is 15.8. The molecule has 0 aromatic heterocycles. The first-order valence-corrected chi connectivity index (χ1v) is 15.2. The Bertz CT molecular complexity index is 320. The van der Waals surface area contributed by atoms with Gasteiger partial charge in [-0.1, -0.05) is 162 Å². The van der Waals surface area contributed by atoms with Crippen molar-refractivity contribution in [1.82, 2.24) is 5.32 Å². The minimum Gasteiger partial charge on any atom is -0.379 e. The molecule has 194 valence electrons. The van der Waals surface area contributed by atoms with Crippen LogP contribution in [0.25, 0.3) is 0 Å². The van der Waals surface area contributed by atoms with Crippen LogP contribution in [-0.2, 0) is 0 Å². The van der Waals surface area contributed by atoms with E-state index in [9.17, 15) is 5.11 Å². The molecular weight excluding hydrogens is 390 g/mol. The molecular formula is C30H63NO. The van der Waals surface area contributed by atoms with Crippen LogP contribution in [0, 0.1) is 0 Å². The van der Waals surface area contributed by atoms with E-state index < -0.39 is 0 Å². The normalized spacial score (nSPS) is 12.5. The molecule has 0 aromatic rings. The minimum atomic E-state index is -0.281. The second kappa shape index (κ2) is 29.0. The van der Waals surface area contributed by atoms with Gasteiger partial charge in [-0.15, -0.1) is 0 Å². The number of unbranched alkanes of at least 4 members (excludes halogenated alkanes) is 23. The molecule has 0 rings (SSSR count). The van der Waals surface area contributed by atoms with Gasteiger partial charge in [-0.3, -0.25) is 5.32 Å². The third-order valence-corrected chi connectivity index (χ3v) is 6.99. The molecule has 0 amide bonds. The summed E-state index contributed by atoms with van der Waals surface area (Å²) in [5.74, 6) is 0. The van der Waals surface area contributed by atoms with Crippen molar-refractivity contribution >= 4 is 0 Å². The standard InChI is InChI=1S/C30H63NO/c1-3-5-7-9-11-12-13-14-15-16-17-18-19-20-21-22-23-24-26-28-30(32)31-29-27-25-10-8-6-4-2/h30-32H,3-29H2,1-2H3. The molecule has 32 heavy (non-hydrogen) atoms. The average Bonchev–Trinajstić information content (AvgIpc) is 2.80. The fraction of sp³-hybridized carbons (Fsp3) is 1.00. The molecule has 0 spiro atoms. The number of rotatable bonds is 28. The summed E-state index contributed by atoms with van der Waals surface area (Å²) in [4.78, 5) is 0. The Morgan fingerprint density at radius 2 is 0.688 bits per heavy atom. The molecule has 0 aliphatic carbocycles. The number of nitrogens with one attached hydrogen (secondary N) is 1. The monoisotopic (exact) mass is 453 g/mol. The number of hydrogen-bond acceptors (Lipinski definition) is 2. The van der Waals surface area contributed by atoms with Crippen molar-refractivity contribution in [1.29, 1.82) is 0 Å². The summed E-state index contributed by atoms with van der Waals surface area (Å²) in [7, 11) is 0. The van der Waals surface area contributed by atoms with Crippen LogP contribution in [0.1, 0.15) is 181 Å². The van der Waals surface area contributed by atoms with Gasteiger partial charge in [-0.25, -0.2) is 0 Å². The van der Waals surface area contributed by atoms with E-state index in [0.29, 0.717) is 0 Å². The van der Waals surface area contributed by atoms with Gasteiger partial charge >= 0.3 is 0 Å². The second-order valence-electron chi connectivity index (χ2n) is 10.4. The van der Waals surface area contributed by atoms with E-state index in [-0.39, 0.29) is 6.23 Å². The lowest BCUT2D eigenvalue weighted by Gasteiger charge is -2.12. The Morgan fingerprint density at radius 1 is 0.406 bits per heavy atom. The second-order valence-corrected chi connectivity index (χ2v) is 10.4. The van der Waals surface area contributed by atoms with E-state index in [1.165, 1.54) is 161 Å². The zero-order valence-electron chi connectivity index (χ0n) is 22.6. The molecule has 0 fully saturated rings. The lowest BCUT2D eigenvalue weighted by atomic mass is 10.0. The molecule has 0 heterocycles. The van der Waals surface area contributed by atoms with E-state index in [1.807, 2.05) is 0 Å². The van der Waals surface area contributed by atoms with Crippen LogP contribution in [0.2, 0.25) is 0 Å². The fourth-order valence-corrected chi connectivity index (χ4v) is 4.69. The van der Waals surface area contributed by atoms with Crippen molar-refractivity contribution in [2.75, 3.05) is 6.54 Å². The highest BCUT2D eigenvalue weighted by Crippen LogP contribution is 2.15. The topological polar surface area (TPSA) is 32.3 Å². The molecule has 0 saturated heterocycles. The first-order valence-electron chi connectivity index (χ1n) is 15.2. The number of hydrogen-bond donors (Lipinski definition) is 2. The average molecular weight is 454 g/mol. The van der Waals surface area contributed by atoms with Crippen molar-refractivity contribution in [2.24, 2.45) is 0 Å². The Labute approximate surface area is 204 Å². The van der Waals surface area contributed by atoms with Crippen LogP contribution in [0.15, 0.2) is 0 Å². The highest BCUT2D eigenvalue weighted by molar-refractivity contribution is 4.56. The molecule has 2 N–H and O–H groups in total. The van der Waals surface area contributed by atoms with Gasteiger partial charge in [-0.2, -0.15) is 0 Å². The molecule has 0 aliphatic rings. The molecule has 1 unspecified atom stereocenters. The smallest absolute Gasteiger partial charge is 0.104 e. The predicted octanol–water partition coefficient (Wildman–Crippen LogP) is 10.1. The fourth-order valence-electron chi connectivity index (χ4n) is 4.69. The maximum absolute atomic E-state index is 10.0. The van der Waals surface area contributed by atoms with Crippen LogP contribution in [0.4, 0.5) is 0 Å². The van der Waals surface area contributed by atoms with Gasteiger partial charge in [0.1, 0.15) is 6.23 Å². The molecule has 0 radical (unpaired) electrons. The van der Waals surface area contributed by atoms with Gasteiger partial charge in [0.25, 0.3) is 0 Å². The zero-order chi connectivity index (χ0) is 23.4. The highest BCUT2D eigenvalue weighted by Gasteiger charge is 2.02. The van der Waals surface area contributed by atoms with Crippen LogP contribution in [0.3, 0.4) is 0 Å². The van der Waals surface area contributed by atoms with Gasteiger partial charge in [0.2, 0.25) is 0 Å². The third-order valence-electron chi connectivity index (χ3n) is 6.99. The molecule has 1 atom stereocenters. The van der Waals surface area contributed by atoms with Crippen LogP contribution >= 0.6 is 0 Å². The molecule has 2 heteroatoms. The largest absolute Gasteiger partial charge is 0.379 e. The van der Waals surface area contributed by atoms with E-state index in [1.54, 1.807) is 0 Å². The third kappa shape index (κ3) is 28.0. The summed E-state index contributed by atoms with van der Waals surface area (Å²) < 4.78 is 0. The maximum atomic E-state index is 10.0. The summed E-state index contributed by atoms with van der Waals surface area (Å²) in [6.07, 6.45) is 35.5.